The largest absolute Gasteiger partial charge is 0.352 e. The van der Waals surface area contributed by atoms with Gasteiger partial charge in [0.25, 0.3) is 0 Å². The normalized spacial score (nSPS) is 15.7. The molecule has 0 heterocycles. The molecule has 1 saturated carbocycles. The molecule has 1 aliphatic carbocycles. The second-order valence-electron chi connectivity index (χ2n) is 2.89. The van der Waals surface area contributed by atoms with E-state index in [-0.39, 0.29) is 6.03 Å². The van der Waals surface area contributed by atoms with Crippen LogP contribution in [0.4, 0.5) is 9.59 Å². The first-order valence-electron chi connectivity index (χ1n) is 4.13. The molecule has 0 aliphatic heterocycles. The maximum Gasteiger partial charge on any atom is 0.312 e. The number of nitrogens with one attached hydrogen (secondary N) is 1. The summed E-state index contributed by atoms with van der Waals surface area (Å²) in [6, 6.07) is -0.857. The van der Waals surface area contributed by atoms with Gasteiger partial charge in [-0.1, -0.05) is 12.8 Å². The van der Waals surface area contributed by atoms with Crippen molar-refractivity contribution in [2.75, 3.05) is 0 Å². The van der Waals surface area contributed by atoms with Crippen molar-refractivity contribution < 1.29 is 9.59 Å². The van der Waals surface area contributed by atoms with Crippen LogP contribution in [-0.2, 0) is 0 Å². The molecule has 7 N–H and O–H groups in total. The van der Waals surface area contributed by atoms with E-state index in [2.05, 4.69) is 16.8 Å². The highest BCUT2D eigenvalue weighted by atomic mass is 16.2. The molecule has 0 spiro atoms. The van der Waals surface area contributed by atoms with Crippen molar-refractivity contribution in [1.29, 1.82) is 0 Å². The van der Waals surface area contributed by atoms with E-state index < -0.39 is 6.03 Å². The Kier molecular flexibility index (Phi) is 5.42. The van der Waals surface area contributed by atoms with Crippen molar-refractivity contribution in [2.45, 2.75) is 31.7 Å². The quantitative estimate of drug-likeness (QED) is 0.448. The zero-order chi connectivity index (χ0) is 10.3. The number of nitrogens with two attached hydrogens (primary N) is 3. The number of carbonyl (C=O) groups excluding carboxylic acids is 2. The summed E-state index contributed by atoms with van der Waals surface area (Å²) in [5, 5.41) is 2.68. The molecular formula is C7H16N4O2. The van der Waals surface area contributed by atoms with Gasteiger partial charge < -0.3 is 22.5 Å². The molecule has 0 saturated heterocycles. The zero-order valence-electron chi connectivity index (χ0n) is 7.45. The molecule has 13 heavy (non-hydrogen) atoms. The SMILES string of the molecule is NC(=O)NC1CCCC1.NC(N)=O. The molecule has 1 aliphatic rings. The molecule has 1 fully saturated rings. The molecule has 76 valence electrons. The summed E-state index contributed by atoms with van der Waals surface area (Å²) >= 11 is 0. The molecule has 0 aromatic heterocycles. The smallest absolute Gasteiger partial charge is 0.312 e. The van der Waals surface area contributed by atoms with Crippen LogP contribution in [0.3, 0.4) is 0 Å². The summed E-state index contributed by atoms with van der Waals surface area (Å²) in [7, 11) is 0. The third-order valence-corrected chi connectivity index (χ3v) is 1.70. The van der Waals surface area contributed by atoms with E-state index in [4.69, 9.17) is 10.5 Å². The fraction of sp³-hybridized carbons (Fsp3) is 0.714. The lowest BCUT2D eigenvalue weighted by Gasteiger charge is -2.07. The van der Waals surface area contributed by atoms with Gasteiger partial charge in [-0.15, -0.1) is 0 Å². The molecule has 4 amide bonds. The predicted molar refractivity (Wildman–Crippen MR) is 48.7 cm³/mol. The van der Waals surface area contributed by atoms with Gasteiger partial charge in [0.2, 0.25) is 0 Å². The lowest BCUT2D eigenvalue weighted by Crippen LogP contribution is -2.36. The summed E-state index contributed by atoms with van der Waals surface area (Å²) in [5.41, 5.74) is 13.4. The van der Waals surface area contributed by atoms with E-state index in [1.165, 1.54) is 12.8 Å². The van der Waals surface area contributed by atoms with Crippen molar-refractivity contribution in [1.82, 2.24) is 5.32 Å². The Hall–Kier alpha value is -1.46. The van der Waals surface area contributed by atoms with Gasteiger partial charge in [0.05, 0.1) is 0 Å². The summed E-state index contributed by atoms with van der Waals surface area (Å²) in [5.74, 6) is 0. The zero-order valence-corrected chi connectivity index (χ0v) is 7.45. The van der Waals surface area contributed by atoms with Gasteiger partial charge in [-0.25, -0.2) is 9.59 Å². The van der Waals surface area contributed by atoms with Crippen molar-refractivity contribution in [2.24, 2.45) is 17.2 Å². The average Bonchev–Trinajstić information content (AvgIpc) is 2.36. The van der Waals surface area contributed by atoms with Crippen LogP contribution in [0.5, 0.6) is 0 Å². The van der Waals surface area contributed by atoms with Gasteiger partial charge in [-0.05, 0) is 12.8 Å². The van der Waals surface area contributed by atoms with E-state index in [1.54, 1.807) is 0 Å². The first-order valence-corrected chi connectivity index (χ1v) is 4.13. The highest BCUT2D eigenvalue weighted by Gasteiger charge is 2.14. The van der Waals surface area contributed by atoms with Gasteiger partial charge in [-0.2, -0.15) is 0 Å². The standard InChI is InChI=1S/C6H12N2O.CH4N2O/c7-6(9)8-5-3-1-2-4-5;2-1(3)4/h5H,1-4H2,(H3,7,8,9);(H4,2,3,4). The van der Waals surface area contributed by atoms with Crippen LogP contribution < -0.4 is 22.5 Å². The van der Waals surface area contributed by atoms with E-state index in [0.29, 0.717) is 6.04 Å². The van der Waals surface area contributed by atoms with E-state index in [9.17, 15) is 4.79 Å². The number of carbonyl (C=O) groups is 2. The third kappa shape index (κ3) is 8.45. The number of hydrogen-bond acceptors (Lipinski definition) is 2. The maximum absolute atomic E-state index is 10.3. The predicted octanol–water partition coefficient (Wildman–Crippen LogP) is -0.379. The molecule has 0 aromatic carbocycles. The third-order valence-electron chi connectivity index (χ3n) is 1.70. The van der Waals surface area contributed by atoms with Gasteiger partial charge in [0, 0.05) is 6.04 Å². The van der Waals surface area contributed by atoms with Crippen LogP contribution >= 0.6 is 0 Å². The average molecular weight is 188 g/mol. The summed E-state index contributed by atoms with van der Waals surface area (Å²) < 4.78 is 0. The van der Waals surface area contributed by atoms with Crippen molar-refractivity contribution in [3.8, 4) is 0 Å². The topological polar surface area (TPSA) is 124 Å². The minimum absolute atomic E-state index is 0.363. The summed E-state index contributed by atoms with van der Waals surface area (Å²) in [4.78, 5) is 19.3. The molecule has 0 radical (unpaired) electrons. The second kappa shape index (κ2) is 6.10. The van der Waals surface area contributed by atoms with Crippen molar-refractivity contribution in [3.05, 3.63) is 0 Å². The Morgan fingerprint density at radius 2 is 1.46 bits per heavy atom. The Labute approximate surface area is 76.8 Å². The minimum atomic E-state index is -0.833. The van der Waals surface area contributed by atoms with Gasteiger partial charge in [0.1, 0.15) is 0 Å². The molecule has 1 rings (SSSR count). The first-order chi connectivity index (χ1) is 6.02. The van der Waals surface area contributed by atoms with Gasteiger partial charge in [-0.3, -0.25) is 0 Å². The highest BCUT2D eigenvalue weighted by molar-refractivity contribution is 5.71. The number of urea groups is 2. The molecule has 6 heteroatoms. The molecule has 0 aromatic rings. The van der Waals surface area contributed by atoms with Crippen LogP contribution in [0, 0.1) is 0 Å². The Morgan fingerprint density at radius 3 is 1.77 bits per heavy atom. The van der Waals surface area contributed by atoms with Crippen LogP contribution in [0.2, 0.25) is 0 Å². The Bertz CT molecular complexity index is 173. The Balaban J connectivity index is 0.000000310. The van der Waals surface area contributed by atoms with Crippen LogP contribution in [0.1, 0.15) is 25.7 Å². The first kappa shape index (κ1) is 11.5. The van der Waals surface area contributed by atoms with E-state index >= 15 is 0 Å². The van der Waals surface area contributed by atoms with Crippen molar-refractivity contribution >= 4 is 12.1 Å². The molecule has 0 atom stereocenters. The number of hydrogen-bond donors (Lipinski definition) is 4. The number of rotatable bonds is 1. The van der Waals surface area contributed by atoms with Gasteiger partial charge in [0.15, 0.2) is 0 Å². The molecule has 6 nitrogen and oxygen atoms in total. The second-order valence-corrected chi connectivity index (χ2v) is 2.89. The lowest BCUT2D eigenvalue weighted by molar-refractivity contribution is 0.245. The lowest BCUT2D eigenvalue weighted by atomic mass is 10.3. The fourth-order valence-corrected chi connectivity index (χ4v) is 1.27. The van der Waals surface area contributed by atoms with Crippen LogP contribution in [0.15, 0.2) is 0 Å². The fourth-order valence-electron chi connectivity index (χ4n) is 1.27. The monoisotopic (exact) mass is 188 g/mol. The summed E-state index contributed by atoms with van der Waals surface area (Å²) in [6.07, 6.45) is 4.65. The van der Waals surface area contributed by atoms with Crippen molar-refractivity contribution in [3.63, 3.8) is 0 Å². The van der Waals surface area contributed by atoms with Crippen LogP contribution in [-0.4, -0.2) is 18.1 Å². The van der Waals surface area contributed by atoms with E-state index in [0.717, 1.165) is 12.8 Å². The van der Waals surface area contributed by atoms with Crippen LogP contribution in [0.25, 0.3) is 0 Å². The molecule has 0 unspecified atom stereocenters. The summed E-state index contributed by atoms with van der Waals surface area (Å²) in [6.45, 7) is 0. The number of amides is 4. The highest BCUT2D eigenvalue weighted by Crippen LogP contribution is 2.16. The maximum atomic E-state index is 10.3. The van der Waals surface area contributed by atoms with E-state index in [1.807, 2.05) is 0 Å². The molecular weight excluding hydrogens is 172 g/mol. The van der Waals surface area contributed by atoms with Gasteiger partial charge >= 0.3 is 12.1 Å². The minimum Gasteiger partial charge on any atom is -0.352 e. The molecule has 0 bridgehead atoms. The number of primary amides is 3. The Morgan fingerprint density at radius 1 is 1.08 bits per heavy atom.